The monoisotopic (exact) mass is 505 g/mol. The van der Waals surface area contributed by atoms with Gasteiger partial charge in [-0.25, -0.2) is 4.79 Å². The maximum Gasteiger partial charge on any atom is 0.338 e. The number of aryl methyl sites for hydroxylation is 2. The van der Waals surface area contributed by atoms with E-state index in [1.165, 1.54) is 7.11 Å². The lowest BCUT2D eigenvalue weighted by Gasteiger charge is -2.10. The van der Waals surface area contributed by atoms with Crippen LogP contribution in [0.2, 0.25) is 5.02 Å². The fourth-order valence-corrected chi connectivity index (χ4v) is 4.24. The van der Waals surface area contributed by atoms with E-state index in [9.17, 15) is 9.59 Å². The number of carbonyl (C=O) groups is 2. The summed E-state index contributed by atoms with van der Waals surface area (Å²) in [6.07, 6.45) is 0. The second-order valence-electron chi connectivity index (χ2n) is 8.65. The number of halogens is 1. The van der Waals surface area contributed by atoms with E-state index in [0.717, 1.165) is 28.2 Å². The highest BCUT2D eigenvalue weighted by Gasteiger charge is 2.18. The van der Waals surface area contributed by atoms with Crippen LogP contribution in [0.3, 0.4) is 0 Å². The van der Waals surface area contributed by atoms with Crippen LogP contribution in [0.15, 0.2) is 48.5 Å². The molecule has 186 valence electrons. The van der Waals surface area contributed by atoms with Gasteiger partial charge >= 0.3 is 5.97 Å². The summed E-state index contributed by atoms with van der Waals surface area (Å²) in [7, 11) is 1.36. The maximum absolute atomic E-state index is 13.0. The average molecular weight is 506 g/mol. The molecule has 36 heavy (non-hydrogen) atoms. The fraction of sp³-hybridized carbons (Fsp3) is 0.259. The Labute approximate surface area is 214 Å². The molecule has 0 saturated carbocycles. The Bertz CT molecular complexity index is 1440. The fourth-order valence-electron chi connectivity index (χ4n) is 4.11. The van der Waals surface area contributed by atoms with E-state index in [0.29, 0.717) is 40.6 Å². The largest absolute Gasteiger partial charge is 0.465 e. The van der Waals surface area contributed by atoms with Crippen LogP contribution in [0.5, 0.6) is 0 Å². The van der Waals surface area contributed by atoms with Crippen LogP contribution in [0, 0.1) is 27.7 Å². The summed E-state index contributed by atoms with van der Waals surface area (Å²) in [5.41, 5.74) is 6.66. The summed E-state index contributed by atoms with van der Waals surface area (Å²) in [5.74, 6) is -0.624. The molecule has 8 nitrogen and oxygen atoms in total. The van der Waals surface area contributed by atoms with Gasteiger partial charge in [0.05, 0.1) is 59.2 Å². The first-order chi connectivity index (χ1) is 17.2. The molecule has 1 amide bonds. The van der Waals surface area contributed by atoms with Gasteiger partial charge in [0, 0.05) is 5.56 Å². The number of carbonyl (C=O) groups excluding carboxylic acids is 2. The van der Waals surface area contributed by atoms with Crippen LogP contribution >= 0.6 is 11.6 Å². The van der Waals surface area contributed by atoms with E-state index in [1.54, 1.807) is 28.9 Å². The van der Waals surface area contributed by atoms with Gasteiger partial charge in [0.2, 0.25) is 0 Å². The van der Waals surface area contributed by atoms with Crippen molar-refractivity contribution in [3.8, 4) is 0 Å². The van der Waals surface area contributed by atoms with Crippen LogP contribution in [-0.2, 0) is 17.8 Å². The number of ether oxygens (including phenoxy) is 1. The average Bonchev–Trinajstić information content (AvgIpc) is 3.28. The van der Waals surface area contributed by atoms with Crippen molar-refractivity contribution in [3.63, 3.8) is 0 Å². The predicted molar refractivity (Wildman–Crippen MR) is 139 cm³/mol. The molecular formula is C27H28ClN5O3. The number of hydrogen-bond acceptors (Lipinski definition) is 5. The Morgan fingerprint density at radius 3 is 2.17 bits per heavy atom. The Kier molecular flexibility index (Phi) is 7.26. The van der Waals surface area contributed by atoms with Gasteiger partial charge in [-0.15, -0.1) is 0 Å². The van der Waals surface area contributed by atoms with Crippen molar-refractivity contribution < 1.29 is 14.3 Å². The molecular weight excluding hydrogens is 478 g/mol. The van der Waals surface area contributed by atoms with E-state index in [1.807, 2.05) is 56.6 Å². The highest BCUT2D eigenvalue weighted by Crippen LogP contribution is 2.23. The molecule has 0 saturated heterocycles. The second kappa shape index (κ2) is 10.4. The number of nitrogens with one attached hydrogen (secondary N) is 1. The number of anilines is 1. The highest BCUT2D eigenvalue weighted by molar-refractivity contribution is 6.31. The summed E-state index contributed by atoms with van der Waals surface area (Å²) in [6.45, 7) is 8.48. The molecule has 0 spiro atoms. The minimum Gasteiger partial charge on any atom is -0.465 e. The van der Waals surface area contributed by atoms with Crippen LogP contribution in [-0.4, -0.2) is 38.5 Å². The summed E-state index contributed by atoms with van der Waals surface area (Å²) in [4.78, 5) is 25.1. The Morgan fingerprint density at radius 1 is 0.889 bits per heavy atom. The van der Waals surface area contributed by atoms with Gasteiger partial charge in [0.25, 0.3) is 5.91 Å². The van der Waals surface area contributed by atoms with Crippen LogP contribution < -0.4 is 5.32 Å². The molecule has 0 atom stereocenters. The minimum atomic E-state index is -0.398. The van der Waals surface area contributed by atoms with Crippen molar-refractivity contribution >= 4 is 29.2 Å². The molecule has 1 N–H and O–H groups in total. The molecule has 0 unspecified atom stereocenters. The smallest absolute Gasteiger partial charge is 0.338 e. The van der Waals surface area contributed by atoms with Crippen molar-refractivity contribution in [2.45, 2.75) is 40.8 Å². The lowest BCUT2D eigenvalue weighted by atomic mass is 10.1. The third kappa shape index (κ3) is 5.04. The number of esters is 1. The zero-order valence-electron chi connectivity index (χ0n) is 20.9. The molecule has 0 aliphatic rings. The quantitative estimate of drug-likeness (QED) is 0.353. The van der Waals surface area contributed by atoms with Gasteiger partial charge in [-0.3, -0.25) is 14.2 Å². The molecule has 0 aliphatic carbocycles. The summed E-state index contributed by atoms with van der Waals surface area (Å²) >= 11 is 6.25. The first-order valence-corrected chi connectivity index (χ1v) is 11.9. The number of aromatic nitrogens is 4. The molecule has 9 heteroatoms. The standard InChI is InChI=1S/C27H28ClN5O3/c1-16-24(28)18(3)32(30-16)14-20-10-12-21(13-11-20)26(34)29-25-17(2)31-33(19(25)4)15-22-8-6-7-9-23(22)27(35)36-5/h6-13H,14-15H2,1-5H3,(H,29,34). The van der Waals surface area contributed by atoms with Crippen molar-refractivity contribution in [2.24, 2.45) is 0 Å². The molecule has 2 aromatic carbocycles. The summed E-state index contributed by atoms with van der Waals surface area (Å²) in [5, 5.41) is 12.7. The maximum atomic E-state index is 13.0. The molecule has 0 fully saturated rings. The topological polar surface area (TPSA) is 91.0 Å². The number of rotatable bonds is 7. The van der Waals surface area contributed by atoms with Crippen LogP contribution in [0.25, 0.3) is 0 Å². The lowest BCUT2D eigenvalue weighted by molar-refractivity contribution is 0.0599. The molecule has 0 radical (unpaired) electrons. The van der Waals surface area contributed by atoms with E-state index >= 15 is 0 Å². The summed E-state index contributed by atoms with van der Waals surface area (Å²) in [6, 6.07) is 14.6. The van der Waals surface area contributed by atoms with Gasteiger partial charge in [0.15, 0.2) is 0 Å². The van der Waals surface area contributed by atoms with E-state index in [4.69, 9.17) is 16.3 Å². The third-order valence-electron chi connectivity index (χ3n) is 6.20. The minimum absolute atomic E-state index is 0.226. The zero-order valence-corrected chi connectivity index (χ0v) is 21.7. The Morgan fingerprint density at radius 2 is 1.53 bits per heavy atom. The van der Waals surface area contributed by atoms with E-state index in [-0.39, 0.29) is 5.91 Å². The van der Waals surface area contributed by atoms with Crippen LogP contribution in [0.4, 0.5) is 5.69 Å². The SMILES string of the molecule is COC(=O)c1ccccc1Cn1nc(C)c(NC(=O)c2ccc(Cn3nc(C)c(Cl)c3C)cc2)c1C. The number of hydrogen-bond donors (Lipinski definition) is 1. The van der Waals surface area contributed by atoms with Gasteiger partial charge < -0.3 is 10.1 Å². The molecule has 2 heterocycles. The van der Waals surface area contributed by atoms with Crippen LogP contribution in [0.1, 0.15) is 54.6 Å². The highest BCUT2D eigenvalue weighted by atomic mass is 35.5. The predicted octanol–water partition coefficient (Wildman–Crippen LogP) is 5.10. The van der Waals surface area contributed by atoms with E-state index < -0.39 is 5.97 Å². The number of nitrogens with zero attached hydrogens (tertiary/aromatic N) is 4. The lowest BCUT2D eigenvalue weighted by Crippen LogP contribution is -2.14. The molecule has 4 rings (SSSR count). The van der Waals surface area contributed by atoms with Crippen molar-refractivity contribution in [1.82, 2.24) is 19.6 Å². The van der Waals surface area contributed by atoms with Crippen molar-refractivity contribution in [3.05, 3.63) is 98.6 Å². The van der Waals surface area contributed by atoms with Gasteiger partial charge in [-0.1, -0.05) is 41.9 Å². The zero-order chi connectivity index (χ0) is 26.0. The molecule has 0 aliphatic heterocycles. The third-order valence-corrected chi connectivity index (χ3v) is 6.75. The van der Waals surface area contributed by atoms with Gasteiger partial charge in [-0.2, -0.15) is 10.2 Å². The van der Waals surface area contributed by atoms with Crippen molar-refractivity contribution in [1.29, 1.82) is 0 Å². The number of benzene rings is 2. The molecule has 0 bridgehead atoms. The Hall–Kier alpha value is -3.91. The summed E-state index contributed by atoms with van der Waals surface area (Å²) < 4.78 is 8.52. The number of amides is 1. The second-order valence-corrected chi connectivity index (χ2v) is 9.02. The number of methoxy groups -OCH3 is 1. The first-order valence-electron chi connectivity index (χ1n) is 11.5. The first kappa shape index (κ1) is 25.2. The molecule has 4 aromatic rings. The van der Waals surface area contributed by atoms with E-state index in [2.05, 4.69) is 15.5 Å². The van der Waals surface area contributed by atoms with Gasteiger partial charge in [0.1, 0.15) is 0 Å². The molecule has 2 aromatic heterocycles. The van der Waals surface area contributed by atoms with Gasteiger partial charge in [-0.05, 0) is 57.0 Å². The Balaban J connectivity index is 1.49. The van der Waals surface area contributed by atoms with Crippen molar-refractivity contribution in [2.75, 3.05) is 12.4 Å². The normalized spacial score (nSPS) is 10.9.